The lowest BCUT2D eigenvalue weighted by Crippen LogP contribution is -1.77. The van der Waals surface area contributed by atoms with Gasteiger partial charge in [0.25, 0.3) is 0 Å². The second-order valence-electron chi connectivity index (χ2n) is 1.71. The summed E-state index contributed by atoms with van der Waals surface area (Å²) in [5.41, 5.74) is 0.806. The standard InChI is InChI=1S/C7H6FNO/c8-10-9-6-7-4-2-1-3-5-7/h1-6H. The van der Waals surface area contributed by atoms with Crippen molar-refractivity contribution in [2.75, 3.05) is 0 Å². The van der Waals surface area contributed by atoms with E-state index in [2.05, 4.69) is 10.2 Å². The molecule has 0 aliphatic heterocycles. The van der Waals surface area contributed by atoms with Gasteiger partial charge in [0.1, 0.15) is 0 Å². The summed E-state index contributed by atoms with van der Waals surface area (Å²) in [5.74, 6) is 0. The van der Waals surface area contributed by atoms with Crippen molar-refractivity contribution < 1.29 is 9.57 Å². The molecular formula is C7H6FNO. The van der Waals surface area contributed by atoms with Gasteiger partial charge in [-0.2, -0.15) is 5.04 Å². The second-order valence-corrected chi connectivity index (χ2v) is 1.71. The number of halogens is 1. The zero-order valence-electron chi connectivity index (χ0n) is 5.20. The van der Waals surface area contributed by atoms with Crippen LogP contribution in [0.3, 0.4) is 0 Å². The van der Waals surface area contributed by atoms with Gasteiger partial charge in [-0.15, -0.1) is 0 Å². The third kappa shape index (κ3) is 1.85. The molecule has 3 heteroatoms. The number of hydrogen-bond acceptors (Lipinski definition) is 2. The third-order valence-electron chi connectivity index (χ3n) is 1.04. The number of oxime groups is 1. The first-order valence-corrected chi connectivity index (χ1v) is 2.79. The SMILES string of the molecule is FON=Cc1ccccc1. The molecule has 0 fully saturated rings. The van der Waals surface area contributed by atoms with Crippen LogP contribution in [0.1, 0.15) is 5.56 Å². The van der Waals surface area contributed by atoms with Crippen LogP contribution >= 0.6 is 0 Å². The van der Waals surface area contributed by atoms with E-state index in [1.165, 1.54) is 6.21 Å². The molecule has 0 saturated heterocycles. The maximum Gasteiger partial charge on any atom is 0.0779 e. The van der Waals surface area contributed by atoms with E-state index in [1.807, 2.05) is 18.2 Å². The summed E-state index contributed by atoms with van der Waals surface area (Å²) in [6, 6.07) is 9.12. The van der Waals surface area contributed by atoms with E-state index in [-0.39, 0.29) is 0 Å². The van der Waals surface area contributed by atoms with E-state index in [9.17, 15) is 4.53 Å². The molecule has 0 heterocycles. The Hall–Kier alpha value is -1.38. The molecule has 0 radical (unpaired) electrons. The Morgan fingerprint density at radius 3 is 2.60 bits per heavy atom. The molecule has 2 nitrogen and oxygen atoms in total. The summed E-state index contributed by atoms with van der Waals surface area (Å²) < 4.78 is 11.0. The molecule has 0 aliphatic carbocycles. The van der Waals surface area contributed by atoms with Crippen molar-refractivity contribution in [2.45, 2.75) is 0 Å². The molecule has 52 valence electrons. The Balaban J connectivity index is 2.67. The summed E-state index contributed by atoms with van der Waals surface area (Å²) in [5, 5.41) is 5.97. The molecular weight excluding hydrogens is 133 g/mol. The topological polar surface area (TPSA) is 21.6 Å². The first-order chi connectivity index (χ1) is 4.93. The normalized spacial score (nSPS) is 10.1. The summed E-state index contributed by atoms with van der Waals surface area (Å²) in [4.78, 5) is 0. The monoisotopic (exact) mass is 139 g/mol. The molecule has 0 amide bonds. The van der Waals surface area contributed by atoms with Crippen LogP contribution in [0.2, 0.25) is 0 Å². The highest BCUT2D eigenvalue weighted by Crippen LogP contribution is 1.93. The molecule has 0 N–H and O–H groups in total. The van der Waals surface area contributed by atoms with Crippen LogP contribution in [0.5, 0.6) is 0 Å². The van der Waals surface area contributed by atoms with Crippen molar-refractivity contribution in [3.63, 3.8) is 0 Å². The van der Waals surface area contributed by atoms with Crippen LogP contribution in [-0.2, 0) is 5.04 Å². The van der Waals surface area contributed by atoms with Gasteiger partial charge in [-0.3, -0.25) is 0 Å². The largest absolute Gasteiger partial charge is 0.174 e. The molecule has 0 aliphatic rings. The van der Waals surface area contributed by atoms with Gasteiger partial charge in [0, 0.05) is 4.53 Å². The first-order valence-electron chi connectivity index (χ1n) is 2.79. The second kappa shape index (κ2) is 3.61. The number of rotatable bonds is 2. The van der Waals surface area contributed by atoms with Crippen molar-refractivity contribution >= 4 is 6.21 Å². The van der Waals surface area contributed by atoms with Crippen molar-refractivity contribution in [2.24, 2.45) is 5.16 Å². The van der Waals surface area contributed by atoms with Crippen LogP contribution in [-0.4, -0.2) is 6.21 Å². The highest BCUT2D eigenvalue weighted by atomic mass is 19.3. The van der Waals surface area contributed by atoms with E-state index in [4.69, 9.17) is 0 Å². The Morgan fingerprint density at radius 1 is 1.30 bits per heavy atom. The smallest absolute Gasteiger partial charge is 0.0779 e. The molecule has 1 aromatic rings. The molecule has 0 aromatic heterocycles. The molecule has 0 bridgehead atoms. The Labute approximate surface area is 57.8 Å². The fourth-order valence-corrected chi connectivity index (χ4v) is 0.620. The zero-order chi connectivity index (χ0) is 7.23. The summed E-state index contributed by atoms with van der Waals surface area (Å²) in [6.45, 7) is 0. The average Bonchev–Trinajstić information content (AvgIpc) is 2.03. The van der Waals surface area contributed by atoms with Gasteiger partial charge in [0.2, 0.25) is 0 Å². The quantitative estimate of drug-likeness (QED) is 0.453. The van der Waals surface area contributed by atoms with Gasteiger partial charge in [0.15, 0.2) is 0 Å². The number of benzene rings is 1. The van der Waals surface area contributed by atoms with Crippen LogP contribution in [0.25, 0.3) is 0 Å². The summed E-state index contributed by atoms with van der Waals surface area (Å²) in [6.07, 6.45) is 1.29. The Morgan fingerprint density at radius 2 is 2.00 bits per heavy atom. The zero-order valence-corrected chi connectivity index (χ0v) is 5.20. The lowest BCUT2D eigenvalue weighted by Gasteiger charge is -1.86. The maximum atomic E-state index is 11.0. The lowest BCUT2D eigenvalue weighted by atomic mass is 10.2. The van der Waals surface area contributed by atoms with Crippen molar-refractivity contribution in [3.05, 3.63) is 35.9 Å². The molecule has 0 spiro atoms. The minimum Gasteiger partial charge on any atom is -0.174 e. The van der Waals surface area contributed by atoms with Crippen molar-refractivity contribution in [1.29, 1.82) is 0 Å². The maximum absolute atomic E-state index is 11.0. The van der Waals surface area contributed by atoms with Crippen LogP contribution < -0.4 is 0 Å². The van der Waals surface area contributed by atoms with E-state index >= 15 is 0 Å². The number of hydrogen-bond donors (Lipinski definition) is 0. The fraction of sp³-hybridized carbons (Fsp3) is 0. The van der Waals surface area contributed by atoms with Gasteiger partial charge >= 0.3 is 0 Å². The van der Waals surface area contributed by atoms with E-state index in [0.717, 1.165) is 5.56 Å². The third-order valence-corrected chi connectivity index (χ3v) is 1.04. The molecule has 0 saturated carbocycles. The van der Waals surface area contributed by atoms with Crippen molar-refractivity contribution in [1.82, 2.24) is 0 Å². The van der Waals surface area contributed by atoms with Gasteiger partial charge < -0.3 is 0 Å². The highest BCUT2D eigenvalue weighted by molar-refractivity contribution is 5.78. The Bertz CT molecular complexity index is 210. The van der Waals surface area contributed by atoms with Crippen LogP contribution in [0, 0.1) is 0 Å². The minimum atomic E-state index is 0.806. The summed E-state index contributed by atoms with van der Waals surface area (Å²) >= 11 is 0. The van der Waals surface area contributed by atoms with Gasteiger partial charge in [-0.25, -0.2) is 0 Å². The lowest BCUT2D eigenvalue weighted by molar-refractivity contribution is -0.130. The molecule has 10 heavy (non-hydrogen) atoms. The minimum absolute atomic E-state index is 0.806. The average molecular weight is 139 g/mol. The fourth-order valence-electron chi connectivity index (χ4n) is 0.620. The van der Waals surface area contributed by atoms with Crippen molar-refractivity contribution in [3.8, 4) is 0 Å². The predicted molar refractivity (Wildman–Crippen MR) is 36.2 cm³/mol. The van der Waals surface area contributed by atoms with E-state index < -0.39 is 0 Å². The predicted octanol–water partition coefficient (Wildman–Crippen LogP) is 1.92. The van der Waals surface area contributed by atoms with Gasteiger partial charge in [-0.1, -0.05) is 30.3 Å². The Kier molecular flexibility index (Phi) is 2.43. The van der Waals surface area contributed by atoms with Gasteiger partial charge in [0.05, 0.1) is 6.21 Å². The van der Waals surface area contributed by atoms with E-state index in [0.29, 0.717) is 0 Å². The number of nitrogens with zero attached hydrogens (tertiary/aromatic N) is 1. The molecule has 0 unspecified atom stereocenters. The summed E-state index contributed by atoms with van der Waals surface area (Å²) in [7, 11) is 0. The first kappa shape index (κ1) is 6.74. The van der Waals surface area contributed by atoms with Crippen LogP contribution in [0.15, 0.2) is 35.5 Å². The highest BCUT2D eigenvalue weighted by Gasteiger charge is 1.81. The van der Waals surface area contributed by atoms with Gasteiger partial charge in [-0.05, 0) is 10.7 Å². The molecule has 0 atom stereocenters. The molecule has 1 rings (SSSR count). The van der Waals surface area contributed by atoms with E-state index in [1.54, 1.807) is 12.1 Å². The van der Waals surface area contributed by atoms with Crippen LogP contribution in [0.4, 0.5) is 4.53 Å². The molecule has 1 aromatic carbocycles.